The van der Waals surface area contributed by atoms with Crippen LogP contribution in [0, 0.1) is 12.8 Å². The molecule has 0 heterocycles. The number of allylic oxidation sites excluding steroid dienone is 7. The molecule has 0 amide bonds. The van der Waals surface area contributed by atoms with E-state index in [1.807, 2.05) is 30.7 Å². The van der Waals surface area contributed by atoms with Gasteiger partial charge in [-0.2, -0.15) is 0 Å². The van der Waals surface area contributed by atoms with Crippen molar-refractivity contribution in [2.24, 2.45) is 0 Å². The van der Waals surface area contributed by atoms with Gasteiger partial charge in [-0.3, -0.25) is 0 Å². The molecule has 1 atom stereocenters. The van der Waals surface area contributed by atoms with Crippen LogP contribution < -0.4 is 0 Å². The van der Waals surface area contributed by atoms with Crippen LogP contribution in [0.4, 0.5) is 0 Å². The molecule has 0 fully saturated rings. The second-order valence-corrected chi connectivity index (χ2v) is 3.82. The quantitative estimate of drug-likeness (QED) is 0.687. The zero-order valence-electron chi connectivity index (χ0n) is 10.1. The predicted octanol–water partition coefficient (Wildman–Crippen LogP) is 2.95. The summed E-state index contributed by atoms with van der Waals surface area (Å²) in [5.41, 5.74) is 1.39. The molecule has 2 aliphatic rings. The van der Waals surface area contributed by atoms with Gasteiger partial charge >= 0.3 is 0 Å². The molecular weight excluding hydrogens is 238 g/mol. The minimum atomic E-state index is 0. The second-order valence-electron chi connectivity index (χ2n) is 3.82. The summed E-state index contributed by atoms with van der Waals surface area (Å²) in [6.07, 6.45) is 18.5. The molecule has 2 rings (SSSR count). The molecule has 0 N–H and O–H groups in total. The Morgan fingerprint density at radius 3 is 1.88 bits per heavy atom. The summed E-state index contributed by atoms with van der Waals surface area (Å²) in [5.74, 6) is 0. The van der Waals surface area contributed by atoms with E-state index in [0.29, 0.717) is 6.04 Å². The third-order valence-corrected chi connectivity index (χ3v) is 2.50. The maximum absolute atomic E-state index is 2.20. The molecule has 0 aromatic rings. The minimum absolute atomic E-state index is 0. The maximum atomic E-state index is 2.20. The number of nitrogens with zero attached hydrogens (tertiary/aromatic N) is 1. The zero-order chi connectivity index (χ0) is 11.1. The van der Waals surface area contributed by atoms with E-state index in [1.54, 1.807) is 0 Å². The first-order valence-corrected chi connectivity index (χ1v) is 5.26. The summed E-state index contributed by atoms with van der Waals surface area (Å²) in [6.45, 7) is 2.20. The molecule has 1 nitrogen and oxygen atoms in total. The Morgan fingerprint density at radius 2 is 1.56 bits per heavy atom. The van der Waals surface area contributed by atoms with Crippen molar-refractivity contribution in [2.75, 3.05) is 14.1 Å². The molecule has 0 aromatic carbocycles. The normalized spacial score (nSPS) is 17.9. The van der Waals surface area contributed by atoms with Crippen molar-refractivity contribution in [2.45, 2.75) is 13.0 Å². The van der Waals surface area contributed by atoms with Crippen LogP contribution in [-0.2, 0) is 17.1 Å². The molecule has 88 valence electrons. The Hall–Kier alpha value is -0.561. The molecule has 0 spiro atoms. The van der Waals surface area contributed by atoms with Gasteiger partial charge < -0.3 is 4.90 Å². The predicted molar refractivity (Wildman–Crippen MR) is 67.3 cm³/mol. The van der Waals surface area contributed by atoms with Crippen molar-refractivity contribution >= 4 is 0 Å². The average molecular weight is 257 g/mol. The van der Waals surface area contributed by atoms with Gasteiger partial charge in [-0.15, -0.1) is 0 Å². The van der Waals surface area contributed by atoms with E-state index in [-0.39, 0.29) is 17.1 Å². The molecular formula is C14H19FeN. The first kappa shape index (κ1) is 15.4. The van der Waals surface area contributed by atoms with Gasteiger partial charge in [0.2, 0.25) is 0 Å². The average Bonchev–Trinajstić information content (AvgIpc) is 2.92. The van der Waals surface area contributed by atoms with Gasteiger partial charge in [0.25, 0.3) is 0 Å². The van der Waals surface area contributed by atoms with Crippen molar-refractivity contribution in [3.05, 3.63) is 60.9 Å². The fourth-order valence-electron chi connectivity index (χ4n) is 1.29. The molecule has 0 saturated carbocycles. The zero-order valence-corrected chi connectivity index (χ0v) is 11.2. The number of rotatable bonds is 2. The Kier molecular flexibility index (Phi) is 8.27. The first-order chi connectivity index (χ1) is 7.22. The van der Waals surface area contributed by atoms with Crippen molar-refractivity contribution in [3.8, 4) is 0 Å². The van der Waals surface area contributed by atoms with Crippen LogP contribution in [0.5, 0.6) is 0 Å². The van der Waals surface area contributed by atoms with Crippen LogP contribution in [0.1, 0.15) is 6.92 Å². The van der Waals surface area contributed by atoms with Gasteiger partial charge in [0.05, 0.1) is 0 Å². The van der Waals surface area contributed by atoms with Gasteiger partial charge in [-0.25, -0.2) is 0 Å². The standard InChI is InChI=1S/C9H14N.C5H5.Fe/c1-8(10(2)3)9-6-4-5-7-9;1-2-4-5-3-1;/h4-8H,1-3H3;1-5H;. The Labute approximate surface area is 110 Å². The van der Waals surface area contributed by atoms with E-state index in [0.717, 1.165) is 0 Å². The molecule has 2 heteroatoms. The Morgan fingerprint density at radius 1 is 0.938 bits per heavy atom. The van der Waals surface area contributed by atoms with Crippen LogP contribution in [0.2, 0.25) is 0 Å². The summed E-state index contributed by atoms with van der Waals surface area (Å²) in [7, 11) is 4.19. The van der Waals surface area contributed by atoms with Crippen LogP contribution in [0.25, 0.3) is 0 Å². The van der Waals surface area contributed by atoms with Crippen molar-refractivity contribution in [1.82, 2.24) is 4.90 Å². The van der Waals surface area contributed by atoms with E-state index in [2.05, 4.69) is 50.6 Å². The fourth-order valence-corrected chi connectivity index (χ4v) is 1.29. The topological polar surface area (TPSA) is 3.24 Å². The molecule has 1 unspecified atom stereocenters. The molecule has 16 heavy (non-hydrogen) atoms. The summed E-state index contributed by atoms with van der Waals surface area (Å²) >= 11 is 0. The third kappa shape index (κ3) is 5.50. The third-order valence-electron chi connectivity index (χ3n) is 2.50. The van der Waals surface area contributed by atoms with Crippen molar-refractivity contribution < 1.29 is 17.1 Å². The number of likely N-dealkylation sites (N-methyl/N-ethyl adjacent to an activating group) is 1. The maximum Gasteiger partial charge on any atom is 0.0282 e. The van der Waals surface area contributed by atoms with Gasteiger partial charge in [0.15, 0.2) is 0 Å². The summed E-state index contributed by atoms with van der Waals surface area (Å²) in [4.78, 5) is 2.20. The van der Waals surface area contributed by atoms with E-state index >= 15 is 0 Å². The Bertz CT molecular complexity index is 288. The molecule has 2 radical (unpaired) electrons. The van der Waals surface area contributed by atoms with Crippen molar-refractivity contribution in [1.29, 1.82) is 0 Å². The minimum Gasteiger partial charge on any atom is -0.303 e. The van der Waals surface area contributed by atoms with Crippen molar-refractivity contribution in [3.63, 3.8) is 0 Å². The molecule has 2 aliphatic carbocycles. The molecule has 0 saturated heterocycles. The van der Waals surface area contributed by atoms with Gasteiger partial charge in [0.1, 0.15) is 0 Å². The second kappa shape index (κ2) is 8.58. The van der Waals surface area contributed by atoms with Crippen LogP contribution in [0.3, 0.4) is 0 Å². The number of hydrogen-bond donors (Lipinski definition) is 0. The summed E-state index contributed by atoms with van der Waals surface area (Å²) in [5, 5.41) is 0. The molecule has 0 aromatic heterocycles. The Balaban J connectivity index is 0.000000318. The van der Waals surface area contributed by atoms with Gasteiger partial charge in [-0.05, 0) is 26.6 Å². The van der Waals surface area contributed by atoms with Crippen LogP contribution >= 0.6 is 0 Å². The summed E-state index contributed by atoms with van der Waals surface area (Å²) < 4.78 is 0. The monoisotopic (exact) mass is 257 g/mol. The molecule has 0 bridgehead atoms. The van der Waals surface area contributed by atoms with Gasteiger partial charge in [-0.1, -0.05) is 42.5 Å². The fraction of sp³-hybridized carbons (Fsp3) is 0.286. The number of hydrogen-bond acceptors (Lipinski definition) is 1. The van der Waals surface area contributed by atoms with E-state index in [9.17, 15) is 0 Å². The first-order valence-electron chi connectivity index (χ1n) is 5.26. The van der Waals surface area contributed by atoms with Gasteiger partial charge in [0, 0.05) is 36.0 Å². The van der Waals surface area contributed by atoms with E-state index < -0.39 is 0 Å². The smallest absolute Gasteiger partial charge is 0.0282 e. The summed E-state index contributed by atoms with van der Waals surface area (Å²) in [6, 6.07) is 0.537. The van der Waals surface area contributed by atoms with Crippen LogP contribution in [-0.4, -0.2) is 25.0 Å². The molecule has 0 aliphatic heterocycles. The van der Waals surface area contributed by atoms with E-state index in [4.69, 9.17) is 0 Å². The van der Waals surface area contributed by atoms with Crippen LogP contribution in [0.15, 0.2) is 48.1 Å². The SMILES string of the molecule is CC(C1=CC=C[CH]1)N(C)C.[CH]1C=CC=C1.[Fe]. The van der Waals surface area contributed by atoms with E-state index in [1.165, 1.54) is 5.57 Å². The largest absolute Gasteiger partial charge is 0.303 e.